The Kier molecular flexibility index (Phi) is 4.62. The number of hydrogen-bond acceptors (Lipinski definition) is 4. The van der Waals surface area contributed by atoms with E-state index in [0.29, 0.717) is 0 Å². The normalized spacial score (nSPS) is 14.1. The Morgan fingerprint density at radius 1 is 1.53 bits per heavy atom. The van der Waals surface area contributed by atoms with Gasteiger partial charge in [0.2, 0.25) is 5.91 Å². The minimum Gasteiger partial charge on any atom is -0.481 e. The van der Waals surface area contributed by atoms with Gasteiger partial charge in [-0.3, -0.25) is 9.59 Å². The molecule has 0 fully saturated rings. The molecule has 0 aliphatic heterocycles. The molecule has 0 aliphatic rings. The van der Waals surface area contributed by atoms with Crippen LogP contribution in [0.3, 0.4) is 0 Å². The van der Waals surface area contributed by atoms with E-state index in [1.807, 2.05) is 6.92 Å². The van der Waals surface area contributed by atoms with Crippen LogP contribution in [0.4, 0.5) is 0 Å². The van der Waals surface area contributed by atoms with Gasteiger partial charge in [0.25, 0.3) is 0 Å². The molecule has 2 atom stereocenters. The molecule has 94 valence electrons. The lowest BCUT2D eigenvalue weighted by molar-refractivity contribution is -0.146. The first-order chi connectivity index (χ1) is 7.95. The maximum absolute atomic E-state index is 11.5. The molecule has 2 unspecified atom stereocenters. The highest BCUT2D eigenvalue weighted by Gasteiger charge is 2.23. The van der Waals surface area contributed by atoms with Gasteiger partial charge in [-0.05, 0) is 20.3 Å². The average Bonchev–Trinajstić information content (AvgIpc) is 2.76. The topological polar surface area (TPSA) is 79.3 Å². The van der Waals surface area contributed by atoms with Gasteiger partial charge < -0.3 is 10.4 Å². The summed E-state index contributed by atoms with van der Waals surface area (Å²) in [5.74, 6) is -2.65. The molecule has 0 aliphatic carbocycles. The monoisotopic (exact) mass is 256 g/mol. The summed E-state index contributed by atoms with van der Waals surface area (Å²) in [6, 6.07) is -0.255. The van der Waals surface area contributed by atoms with Crippen molar-refractivity contribution in [2.75, 3.05) is 0 Å². The van der Waals surface area contributed by atoms with Gasteiger partial charge in [-0.25, -0.2) is 4.98 Å². The minimum atomic E-state index is -1.12. The van der Waals surface area contributed by atoms with E-state index >= 15 is 0 Å². The molecule has 1 aromatic rings. The Hall–Kier alpha value is -1.43. The van der Waals surface area contributed by atoms with Crippen LogP contribution in [-0.2, 0) is 16.0 Å². The number of carboxylic acid groups (broad SMARTS) is 1. The highest BCUT2D eigenvalue weighted by molar-refractivity contribution is 7.11. The Morgan fingerprint density at radius 3 is 2.65 bits per heavy atom. The summed E-state index contributed by atoms with van der Waals surface area (Å²) in [5, 5.41) is 12.1. The fourth-order valence-corrected chi connectivity index (χ4v) is 2.06. The van der Waals surface area contributed by atoms with Crippen LogP contribution in [0.5, 0.6) is 0 Å². The molecule has 1 aromatic heterocycles. The second kappa shape index (κ2) is 5.77. The zero-order valence-electron chi connectivity index (χ0n) is 10.1. The summed E-state index contributed by atoms with van der Waals surface area (Å²) < 4.78 is 0. The summed E-state index contributed by atoms with van der Waals surface area (Å²) in [4.78, 5) is 27.5. The van der Waals surface area contributed by atoms with E-state index in [-0.39, 0.29) is 6.04 Å². The summed E-state index contributed by atoms with van der Waals surface area (Å²) in [6.45, 7) is 5.20. The van der Waals surface area contributed by atoms with Gasteiger partial charge in [-0.2, -0.15) is 0 Å². The summed E-state index contributed by atoms with van der Waals surface area (Å²) in [5.41, 5.74) is 0. The first-order valence-electron chi connectivity index (χ1n) is 5.43. The van der Waals surface area contributed by atoms with Gasteiger partial charge in [-0.1, -0.05) is 6.92 Å². The van der Waals surface area contributed by atoms with Crippen LogP contribution < -0.4 is 5.32 Å². The number of thiazole rings is 1. The third kappa shape index (κ3) is 3.52. The van der Waals surface area contributed by atoms with E-state index in [9.17, 15) is 9.59 Å². The average molecular weight is 256 g/mol. The Morgan fingerprint density at radius 2 is 2.18 bits per heavy atom. The molecule has 0 radical (unpaired) electrons. The van der Waals surface area contributed by atoms with E-state index in [1.54, 1.807) is 13.1 Å². The number of carbonyl (C=O) groups excluding carboxylic acids is 1. The van der Waals surface area contributed by atoms with Crippen molar-refractivity contribution in [2.24, 2.45) is 5.92 Å². The number of hydrogen-bond donors (Lipinski definition) is 2. The van der Waals surface area contributed by atoms with E-state index in [1.165, 1.54) is 18.3 Å². The number of aryl methyl sites for hydroxylation is 1. The van der Waals surface area contributed by atoms with Crippen molar-refractivity contribution < 1.29 is 14.7 Å². The number of nitrogens with zero attached hydrogens (tertiary/aromatic N) is 1. The molecule has 0 saturated carbocycles. The van der Waals surface area contributed by atoms with Gasteiger partial charge >= 0.3 is 5.97 Å². The largest absolute Gasteiger partial charge is 0.481 e. The number of rotatable bonds is 5. The second-order valence-electron chi connectivity index (χ2n) is 3.81. The Bertz CT molecular complexity index is 417. The predicted molar refractivity (Wildman–Crippen MR) is 64.8 cm³/mol. The first kappa shape index (κ1) is 13.6. The molecule has 6 heteroatoms. The zero-order valence-corrected chi connectivity index (χ0v) is 10.9. The lowest BCUT2D eigenvalue weighted by Crippen LogP contribution is -2.35. The predicted octanol–water partition coefficient (Wildman–Crippen LogP) is 1.60. The van der Waals surface area contributed by atoms with Crippen molar-refractivity contribution >= 4 is 23.2 Å². The molecule has 0 bridgehead atoms. The lowest BCUT2D eigenvalue weighted by Gasteiger charge is -2.13. The molecular weight excluding hydrogens is 240 g/mol. The number of amides is 1. The SMILES string of the molecule is CCc1cnc(C(C)NC(=O)C(C)C(=O)O)s1. The van der Waals surface area contributed by atoms with Gasteiger partial charge in [0.1, 0.15) is 10.9 Å². The smallest absolute Gasteiger partial charge is 0.315 e. The molecule has 0 aromatic carbocycles. The second-order valence-corrected chi connectivity index (χ2v) is 4.96. The minimum absolute atomic E-state index is 0.255. The first-order valence-corrected chi connectivity index (χ1v) is 6.25. The molecule has 1 amide bonds. The van der Waals surface area contributed by atoms with Crippen molar-refractivity contribution in [3.05, 3.63) is 16.1 Å². The summed E-state index contributed by atoms with van der Waals surface area (Å²) in [6.07, 6.45) is 2.69. The number of nitrogens with one attached hydrogen (secondary N) is 1. The molecule has 1 heterocycles. The van der Waals surface area contributed by atoms with E-state index in [0.717, 1.165) is 16.3 Å². The molecule has 17 heavy (non-hydrogen) atoms. The van der Waals surface area contributed by atoms with E-state index < -0.39 is 17.8 Å². The van der Waals surface area contributed by atoms with Crippen LogP contribution in [0.25, 0.3) is 0 Å². The summed E-state index contributed by atoms with van der Waals surface area (Å²) >= 11 is 1.53. The van der Waals surface area contributed by atoms with Gasteiger partial charge in [0.15, 0.2) is 0 Å². The maximum atomic E-state index is 11.5. The molecular formula is C11H16N2O3S. The third-order valence-electron chi connectivity index (χ3n) is 2.41. The van der Waals surface area contributed by atoms with Gasteiger partial charge in [0.05, 0.1) is 6.04 Å². The van der Waals surface area contributed by atoms with Crippen LogP contribution in [0.1, 0.15) is 36.7 Å². The van der Waals surface area contributed by atoms with Crippen molar-refractivity contribution in [1.82, 2.24) is 10.3 Å². The Labute approximate surface area is 104 Å². The van der Waals surface area contributed by atoms with E-state index in [4.69, 9.17) is 5.11 Å². The quantitative estimate of drug-likeness (QED) is 0.784. The Balaban J connectivity index is 2.62. The number of aliphatic carboxylic acids is 1. The highest BCUT2D eigenvalue weighted by Crippen LogP contribution is 2.20. The molecule has 0 saturated heterocycles. The fraction of sp³-hybridized carbons (Fsp3) is 0.545. The van der Waals surface area contributed by atoms with Crippen molar-refractivity contribution in [3.8, 4) is 0 Å². The summed E-state index contributed by atoms with van der Waals surface area (Å²) in [7, 11) is 0. The van der Waals surface area contributed by atoms with Crippen LogP contribution >= 0.6 is 11.3 Å². The van der Waals surface area contributed by atoms with Gasteiger partial charge in [0, 0.05) is 11.1 Å². The van der Waals surface area contributed by atoms with Crippen LogP contribution in [0.2, 0.25) is 0 Å². The van der Waals surface area contributed by atoms with Crippen LogP contribution in [0.15, 0.2) is 6.20 Å². The zero-order chi connectivity index (χ0) is 13.0. The molecule has 1 rings (SSSR count). The number of aromatic nitrogens is 1. The van der Waals surface area contributed by atoms with Crippen molar-refractivity contribution in [3.63, 3.8) is 0 Å². The number of carboxylic acids is 1. The van der Waals surface area contributed by atoms with E-state index in [2.05, 4.69) is 10.3 Å². The highest BCUT2D eigenvalue weighted by atomic mass is 32.1. The number of carbonyl (C=O) groups is 2. The fourth-order valence-electron chi connectivity index (χ4n) is 1.20. The molecule has 2 N–H and O–H groups in total. The van der Waals surface area contributed by atoms with Crippen LogP contribution in [-0.4, -0.2) is 22.0 Å². The lowest BCUT2D eigenvalue weighted by atomic mass is 10.1. The van der Waals surface area contributed by atoms with Gasteiger partial charge in [-0.15, -0.1) is 11.3 Å². The molecule has 0 spiro atoms. The van der Waals surface area contributed by atoms with Crippen molar-refractivity contribution in [1.29, 1.82) is 0 Å². The molecule has 5 nitrogen and oxygen atoms in total. The van der Waals surface area contributed by atoms with Crippen LogP contribution in [0, 0.1) is 5.92 Å². The third-order valence-corrected chi connectivity index (χ3v) is 3.74. The van der Waals surface area contributed by atoms with Crippen molar-refractivity contribution in [2.45, 2.75) is 33.2 Å². The standard InChI is InChI=1S/C11H16N2O3S/c1-4-8-5-12-10(17-8)7(3)13-9(14)6(2)11(15)16/h5-7H,4H2,1-3H3,(H,13,14)(H,15,16). The maximum Gasteiger partial charge on any atom is 0.315 e.